The summed E-state index contributed by atoms with van der Waals surface area (Å²) in [6, 6.07) is 16.6. The smallest absolute Gasteiger partial charge is 0.167 e. The predicted octanol–water partition coefficient (Wildman–Crippen LogP) is 6.64. The topological polar surface area (TPSA) is 46.3 Å². The highest BCUT2D eigenvalue weighted by atomic mass is 79.9. The van der Waals surface area contributed by atoms with E-state index < -0.39 is 5.82 Å². The molecular weight excluding hydrogens is 495 g/mol. The van der Waals surface area contributed by atoms with Gasteiger partial charge in [-0.2, -0.15) is 0 Å². The summed E-state index contributed by atoms with van der Waals surface area (Å²) in [6.07, 6.45) is 2.94. The van der Waals surface area contributed by atoms with E-state index in [-0.39, 0.29) is 6.61 Å². The van der Waals surface area contributed by atoms with Gasteiger partial charge in [-0.1, -0.05) is 51.8 Å². The minimum absolute atomic E-state index is 0.000654. The maximum atomic E-state index is 14.2. The molecule has 4 nitrogen and oxygen atoms in total. The Morgan fingerprint density at radius 1 is 1.06 bits per heavy atom. The fraction of sp³-hybridized carbons (Fsp3) is 0.200. The van der Waals surface area contributed by atoms with Crippen LogP contribution in [0.5, 0.6) is 11.5 Å². The summed E-state index contributed by atoms with van der Waals surface area (Å²) in [5.74, 6) is 0.736. The lowest BCUT2D eigenvalue weighted by molar-refractivity contribution is 0.276. The predicted molar refractivity (Wildman–Crippen MR) is 130 cm³/mol. The maximum absolute atomic E-state index is 14.2. The van der Waals surface area contributed by atoms with Gasteiger partial charge in [-0.3, -0.25) is 0 Å². The van der Waals surface area contributed by atoms with Crippen molar-refractivity contribution < 1.29 is 13.9 Å². The third kappa shape index (κ3) is 4.93. The molecule has 3 aromatic carbocycles. The second-order valence-corrected chi connectivity index (χ2v) is 8.59. The van der Waals surface area contributed by atoms with Crippen LogP contribution in [0.3, 0.4) is 0 Å². The van der Waals surface area contributed by atoms with Crippen LogP contribution in [0.15, 0.2) is 65.3 Å². The summed E-state index contributed by atoms with van der Waals surface area (Å²) >= 11 is 9.77. The van der Waals surface area contributed by atoms with Crippen molar-refractivity contribution in [3.63, 3.8) is 0 Å². The number of hydrogen-bond acceptors (Lipinski definition) is 3. The number of fused-ring (bicyclic) bond motifs is 1. The lowest BCUT2D eigenvalue weighted by atomic mass is 10.1. The van der Waals surface area contributed by atoms with E-state index in [0.717, 1.165) is 28.5 Å². The van der Waals surface area contributed by atoms with Crippen molar-refractivity contribution in [2.45, 2.75) is 19.6 Å². The van der Waals surface area contributed by atoms with Gasteiger partial charge in [0.25, 0.3) is 0 Å². The van der Waals surface area contributed by atoms with Crippen LogP contribution in [0, 0.1) is 5.82 Å². The van der Waals surface area contributed by atoms with Crippen LogP contribution in [-0.2, 0) is 19.6 Å². The van der Waals surface area contributed by atoms with Gasteiger partial charge in [0.2, 0.25) is 0 Å². The molecule has 0 aliphatic rings. The van der Waals surface area contributed by atoms with E-state index in [2.05, 4.69) is 44.6 Å². The van der Waals surface area contributed by atoms with E-state index in [4.69, 9.17) is 21.1 Å². The van der Waals surface area contributed by atoms with Crippen molar-refractivity contribution in [3.8, 4) is 11.5 Å². The van der Waals surface area contributed by atoms with Crippen molar-refractivity contribution in [1.29, 1.82) is 0 Å². The van der Waals surface area contributed by atoms with Gasteiger partial charge < -0.3 is 19.8 Å². The largest absolute Gasteiger partial charge is 0.493 e. The molecule has 2 N–H and O–H groups in total. The summed E-state index contributed by atoms with van der Waals surface area (Å²) in [5.41, 5.74) is 3.62. The molecule has 0 amide bonds. The second-order valence-electron chi connectivity index (χ2n) is 7.33. The van der Waals surface area contributed by atoms with E-state index in [9.17, 15) is 4.39 Å². The van der Waals surface area contributed by atoms with Gasteiger partial charge in [0.05, 0.1) is 12.1 Å². The Morgan fingerprint density at radius 2 is 1.91 bits per heavy atom. The summed E-state index contributed by atoms with van der Waals surface area (Å²) in [7, 11) is 1.58. The summed E-state index contributed by atoms with van der Waals surface area (Å²) < 4.78 is 26.6. The molecule has 32 heavy (non-hydrogen) atoms. The van der Waals surface area contributed by atoms with Crippen LogP contribution in [0.4, 0.5) is 4.39 Å². The molecule has 0 radical (unpaired) electrons. The molecule has 4 rings (SSSR count). The Balaban J connectivity index is 1.46. The number of para-hydroxylation sites is 1. The van der Waals surface area contributed by atoms with Crippen LogP contribution >= 0.6 is 27.5 Å². The van der Waals surface area contributed by atoms with Crippen molar-refractivity contribution in [2.24, 2.45) is 0 Å². The van der Waals surface area contributed by atoms with Crippen molar-refractivity contribution >= 4 is 38.4 Å². The molecule has 0 unspecified atom stereocenters. The first-order valence-electron chi connectivity index (χ1n) is 10.2. The summed E-state index contributed by atoms with van der Waals surface area (Å²) in [5, 5.41) is 5.05. The average molecular weight is 518 g/mol. The summed E-state index contributed by atoms with van der Waals surface area (Å²) in [6.45, 7) is 1.34. The van der Waals surface area contributed by atoms with Crippen molar-refractivity contribution in [2.75, 3.05) is 13.7 Å². The van der Waals surface area contributed by atoms with E-state index in [1.807, 2.05) is 24.3 Å². The van der Waals surface area contributed by atoms with Crippen LogP contribution in [0.25, 0.3) is 10.9 Å². The maximum Gasteiger partial charge on any atom is 0.167 e. The number of H-pyrrole nitrogens is 1. The molecule has 7 heteroatoms. The Morgan fingerprint density at radius 3 is 2.72 bits per heavy atom. The van der Waals surface area contributed by atoms with Gasteiger partial charge in [0.1, 0.15) is 12.4 Å². The molecule has 0 atom stereocenters. The van der Waals surface area contributed by atoms with Gasteiger partial charge >= 0.3 is 0 Å². The zero-order chi connectivity index (χ0) is 22.5. The Hall–Kier alpha value is -2.54. The van der Waals surface area contributed by atoms with E-state index in [1.165, 1.54) is 17.0 Å². The van der Waals surface area contributed by atoms with Gasteiger partial charge in [-0.05, 0) is 48.9 Å². The highest BCUT2D eigenvalue weighted by Crippen LogP contribution is 2.37. The number of aromatic nitrogens is 1. The molecule has 0 bridgehead atoms. The molecule has 0 aliphatic carbocycles. The highest BCUT2D eigenvalue weighted by molar-refractivity contribution is 9.10. The quantitative estimate of drug-likeness (QED) is 0.245. The van der Waals surface area contributed by atoms with Crippen LogP contribution in [0.1, 0.15) is 16.7 Å². The van der Waals surface area contributed by atoms with E-state index in [0.29, 0.717) is 28.6 Å². The van der Waals surface area contributed by atoms with Gasteiger partial charge in [0.15, 0.2) is 11.5 Å². The van der Waals surface area contributed by atoms with E-state index >= 15 is 0 Å². The number of halogens is 3. The molecule has 0 aliphatic heterocycles. The van der Waals surface area contributed by atoms with Gasteiger partial charge in [0, 0.05) is 39.2 Å². The molecule has 1 heterocycles. The van der Waals surface area contributed by atoms with Crippen LogP contribution in [-0.4, -0.2) is 18.6 Å². The number of rotatable bonds is 9. The monoisotopic (exact) mass is 516 g/mol. The van der Waals surface area contributed by atoms with Crippen molar-refractivity contribution in [1.82, 2.24) is 10.3 Å². The molecular formula is C25H23BrClFN2O2. The van der Waals surface area contributed by atoms with Crippen LogP contribution in [0.2, 0.25) is 5.02 Å². The summed E-state index contributed by atoms with van der Waals surface area (Å²) in [4.78, 5) is 3.31. The average Bonchev–Trinajstić information content (AvgIpc) is 3.21. The Bertz CT molecular complexity index is 1210. The molecule has 0 spiro atoms. The molecule has 0 saturated heterocycles. The fourth-order valence-electron chi connectivity index (χ4n) is 3.66. The molecule has 166 valence electrons. The molecule has 4 aromatic rings. The van der Waals surface area contributed by atoms with Gasteiger partial charge in [-0.25, -0.2) is 4.39 Å². The second kappa shape index (κ2) is 10.4. The van der Waals surface area contributed by atoms with Crippen molar-refractivity contribution in [3.05, 3.63) is 92.8 Å². The molecule has 0 saturated carbocycles. The first-order valence-corrected chi connectivity index (χ1v) is 11.4. The number of nitrogens with one attached hydrogen (secondary N) is 2. The number of benzene rings is 3. The fourth-order valence-corrected chi connectivity index (χ4v) is 4.33. The van der Waals surface area contributed by atoms with Gasteiger partial charge in [-0.15, -0.1) is 0 Å². The Labute approximate surface area is 199 Å². The number of aromatic amines is 1. The SMILES string of the molecule is COc1ccc(Br)c(CNCCc2c[nH]c3ccccc23)c1OCc1c(F)cccc1Cl. The van der Waals surface area contributed by atoms with E-state index in [1.54, 1.807) is 19.2 Å². The lowest BCUT2D eigenvalue weighted by Crippen LogP contribution is -2.18. The van der Waals surface area contributed by atoms with Crippen LogP contribution < -0.4 is 14.8 Å². The zero-order valence-corrected chi connectivity index (χ0v) is 19.9. The molecule has 0 fully saturated rings. The lowest BCUT2D eigenvalue weighted by Gasteiger charge is -2.18. The Kier molecular flexibility index (Phi) is 7.35. The number of methoxy groups -OCH3 is 1. The minimum atomic E-state index is -0.398. The number of hydrogen-bond donors (Lipinski definition) is 2. The third-order valence-electron chi connectivity index (χ3n) is 5.36. The third-order valence-corrected chi connectivity index (χ3v) is 6.45. The normalized spacial score (nSPS) is 11.1. The first kappa shape index (κ1) is 22.6. The number of ether oxygens (including phenoxy) is 2. The zero-order valence-electron chi connectivity index (χ0n) is 17.6. The molecule has 1 aromatic heterocycles. The standard InChI is InChI=1S/C25H23BrClFN2O2/c1-31-24-10-9-20(26)18(25(24)32-15-19-21(27)6-4-7-22(19)28)14-29-12-11-16-13-30-23-8-3-2-5-17(16)23/h2-10,13,29-30H,11-12,14-15H2,1H3. The first-order chi connectivity index (χ1) is 15.6. The minimum Gasteiger partial charge on any atom is -0.493 e. The highest BCUT2D eigenvalue weighted by Gasteiger charge is 2.16.